The Bertz CT molecular complexity index is 559. The smallest absolute Gasteiger partial charge is 0.313 e. The Hall–Kier alpha value is -1.55. The first-order chi connectivity index (χ1) is 7.44. The summed E-state index contributed by atoms with van der Waals surface area (Å²) in [5.41, 5.74) is 0.0647. The summed E-state index contributed by atoms with van der Waals surface area (Å²) < 4.78 is 4.99. The molecule has 0 radical (unpaired) electrons. The number of carboxylic acids is 1. The van der Waals surface area contributed by atoms with Crippen molar-refractivity contribution in [2.75, 3.05) is 0 Å². The van der Waals surface area contributed by atoms with Crippen molar-refractivity contribution in [2.45, 2.75) is 19.3 Å². The Morgan fingerprint density at radius 3 is 2.81 bits per heavy atom. The molecular weight excluding hydrogens is 230 g/mol. The highest BCUT2D eigenvalue weighted by Crippen LogP contribution is 2.34. The molecule has 0 saturated heterocycles. The highest BCUT2D eigenvalue weighted by atomic mass is 35.5. The van der Waals surface area contributed by atoms with Gasteiger partial charge in [-0.15, -0.1) is 0 Å². The third kappa shape index (κ3) is 1.46. The maximum atomic E-state index is 11.2. The molecule has 2 aromatic rings. The van der Waals surface area contributed by atoms with Gasteiger partial charge < -0.3 is 9.63 Å². The summed E-state index contributed by atoms with van der Waals surface area (Å²) in [5.74, 6) is -0.919. The van der Waals surface area contributed by atoms with Crippen LogP contribution >= 0.6 is 11.6 Å². The van der Waals surface area contributed by atoms with Crippen LogP contribution in [0.5, 0.6) is 0 Å². The average molecular weight is 240 g/mol. The van der Waals surface area contributed by atoms with Gasteiger partial charge in [-0.05, 0) is 25.5 Å². The predicted molar refractivity (Wildman–Crippen MR) is 59.7 cm³/mol. The van der Waals surface area contributed by atoms with E-state index in [-0.39, 0.29) is 5.15 Å². The molecule has 1 aromatic carbocycles. The SMILES string of the molecule is CC(C)(C(=O)O)c1cccc2onc(Cl)c12. The van der Waals surface area contributed by atoms with E-state index in [1.807, 2.05) is 0 Å². The molecule has 0 spiro atoms. The van der Waals surface area contributed by atoms with Gasteiger partial charge in [0, 0.05) is 0 Å². The summed E-state index contributed by atoms with van der Waals surface area (Å²) in [6, 6.07) is 5.15. The van der Waals surface area contributed by atoms with Gasteiger partial charge in [0.1, 0.15) is 0 Å². The van der Waals surface area contributed by atoms with E-state index in [9.17, 15) is 9.90 Å². The van der Waals surface area contributed by atoms with Gasteiger partial charge in [-0.3, -0.25) is 4.79 Å². The molecule has 0 aliphatic heterocycles. The van der Waals surface area contributed by atoms with E-state index in [1.165, 1.54) is 0 Å². The Balaban J connectivity index is 2.78. The van der Waals surface area contributed by atoms with Crippen molar-refractivity contribution in [3.05, 3.63) is 28.9 Å². The fraction of sp³-hybridized carbons (Fsp3) is 0.273. The van der Waals surface area contributed by atoms with Crippen LogP contribution in [0.1, 0.15) is 19.4 Å². The van der Waals surface area contributed by atoms with E-state index in [1.54, 1.807) is 32.0 Å². The number of aromatic nitrogens is 1. The van der Waals surface area contributed by atoms with E-state index in [4.69, 9.17) is 16.1 Å². The van der Waals surface area contributed by atoms with E-state index in [2.05, 4.69) is 5.16 Å². The van der Waals surface area contributed by atoms with E-state index in [0.29, 0.717) is 16.5 Å². The predicted octanol–water partition coefficient (Wildman–Crippen LogP) is 2.84. The molecule has 1 aromatic heterocycles. The van der Waals surface area contributed by atoms with Gasteiger partial charge in [0.25, 0.3) is 0 Å². The van der Waals surface area contributed by atoms with Gasteiger partial charge in [-0.2, -0.15) is 0 Å². The van der Waals surface area contributed by atoms with Crippen LogP contribution in [0.15, 0.2) is 22.7 Å². The van der Waals surface area contributed by atoms with Crippen LogP contribution in [0.2, 0.25) is 5.15 Å². The molecule has 0 aliphatic rings. The van der Waals surface area contributed by atoms with Gasteiger partial charge in [-0.25, -0.2) is 0 Å². The molecular formula is C11H10ClNO3. The molecule has 0 unspecified atom stereocenters. The number of fused-ring (bicyclic) bond motifs is 1. The Morgan fingerprint density at radius 2 is 2.19 bits per heavy atom. The van der Waals surface area contributed by atoms with Gasteiger partial charge >= 0.3 is 5.97 Å². The molecule has 0 amide bonds. The maximum absolute atomic E-state index is 11.2. The highest BCUT2D eigenvalue weighted by Gasteiger charge is 2.32. The Morgan fingerprint density at radius 1 is 1.50 bits per heavy atom. The molecule has 16 heavy (non-hydrogen) atoms. The molecule has 1 N–H and O–H groups in total. The first kappa shape index (κ1) is 11.0. The number of nitrogens with zero attached hydrogens (tertiary/aromatic N) is 1. The number of benzene rings is 1. The fourth-order valence-electron chi connectivity index (χ4n) is 1.59. The molecule has 1 heterocycles. The minimum Gasteiger partial charge on any atom is -0.481 e. The number of hydrogen-bond acceptors (Lipinski definition) is 3. The first-order valence-corrected chi connectivity index (χ1v) is 5.10. The molecule has 84 valence electrons. The quantitative estimate of drug-likeness (QED) is 0.875. The minimum atomic E-state index is -1.03. The first-order valence-electron chi connectivity index (χ1n) is 4.72. The van der Waals surface area contributed by atoms with Crippen LogP contribution in [0.3, 0.4) is 0 Å². The summed E-state index contributed by atoms with van der Waals surface area (Å²) in [6.45, 7) is 3.24. The third-order valence-corrected chi connectivity index (χ3v) is 2.92. The van der Waals surface area contributed by atoms with Gasteiger partial charge in [0.15, 0.2) is 10.7 Å². The molecule has 2 rings (SSSR count). The zero-order valence-corrected chi connectivity index (χ0v) is 9.58. The number of halogens is 1. The van der Waals surface area contributed by atoms with Gasteiger partial charge in [0.2, 0.25) is 0 Å². The monoisotopic (exact) mass is 239 g/mol. The van der Waals surface area contributed by atoms with Crippen molar-refractivity contribution in [2.24, 2.45) is 0 Å². The Kier molecular flexibility index (Phi) is 2.39. The zero-order chi connectivity index (χ0) is 11.9. The lowest BCUT2D eigenvalue weighted by atomic mass is 9.83. The summed E-state index contributed by atoms with van der Waals surface area (Å²) in [4.78, 5) is 11.2. The minimum absolute atomic E-state index is 0.194. The molecule has 5 heteroatoms. The number of rotatable bonds is 2. The second-order valence-corrected chi connectivity index (χ2v) is 4.44. The van der Waals surface area contributed by atoms with Crippen LogP contribution in [0.25, 0.3) is 11.0 Å². The summed E-state index contributed by atoms with van der Waals surface area (Å²) in [6.07, 6.45) is 0. The standard InChI is InChI=1S/C11H10ClNO3/c1-11(2,10(14)15)6-4-3-5-7-8(6)9(12)13-16-7/h3-5H,1-2H3,(H,14,15). The van der Waals surface area contributed by atoms with E-state index in [0.717, 1.165) is 0 Å². The van der Waals surface area contributed by atoms with E-state index >= 15 is 0 Å². The maximum Gasteiger partial charge on any atom is 0.313 e. The van der Waals surface area contributed by atoms with Crippen LogP contribution in [0.4, 0.5) is 0 Å². The van der Waals surface area contributed by atoms with Crippen LogP contribution in [0, 0.1) is 0 Å². The van der Waals surface area contributed by atoms with Crippen molar-refractivity contribution < 1.29 is 14.4 Å². The fourth-order valence-corrected chi connectivity index (χ4v) is 1.82. The average Bonchev–Trinajstić information content (AvgIpc) is 2.60. The number of aliphatic carboxylic acids is 1. The number of hydrogen-bond donors (Lipinski definition) is 1. The molecule has 0 fully saturated rings. The zero-order valence-electron chi connectivity index (χ0n) is 8.82. The largest absolute Gasteiger partial charge is 0.481 e. The van der Waals surface area contributed by atoms with Crippen LogP contribution in [-0.4, -0.2) is 16.2 Å². The summed E-state index contributed by atoms with van der Waals surface area (Å²) in [5, 5.41) is 13.6. The second kappa shape index (κ2) is 3.49. The third-order valence-electron chi connectivity index (χ3n) is 2.66. The van der Waals surface area contributed by atoms with Gasteiger partial charge in [-0.1, -0.05) is 28.9 Å². The lowest BCUT2D eigenvalue weighted by Gasteiger charge is -2.20. The number of carboxylic acid groups (broad SMARTS) is 1. The highest BCUT2D eigenvalue weighted by molar-refractivity contribution is 6.34. The topological polar surface area (TPSA) is 63.3 Å². The molecule has 0 saturated carbocycles. The molecule has 0 atom stereocenters. The van der Waals surface area contributed by atoms with Crippen molar-refractivity contribution in [1.82, 2.24) is 5.16 Å². The lowest BCUT2D eigenvalue weighted by Crippen LogP contribution is -2.28. The lowest BCUT2D eigenvalue weighted by molar-refractivity contribution is -0.142. The van der Waals surface area contributed by atoms with Crippen molar-refractivity contribution in [1.29, 1.82) is 0 Å². The molecule has 0 aliphatic carbocycles. The Labute approximate surface area is 96.8 Å². The van der Waals surface area contributed by atoms with E-state index < -0.39 is 11.4 Å². The number of carbonyl (C=O) groups is 1. The summed E-state index contributed by atoms with van der Waals surface area (Å²) in [7, 11) is 0. The molecule has 4 nitrogen and oxygen atoms in total. The summed E-state index contributed by atoms with van der Waals surface area (Å²) >= 11 is 5.89. The van der Waals surface area contributed by atoms with Crippen LogP contribution < -0.4 is 0 Å². The second-order valence-electron chi connectivity index (χ2n) is 4.08. The van der Waals surface area contributed by atoms with Crippen LogP contribution in [-0.2, 0) is 10.2 Å². The molecule has 0 bridgehead atoms. The van der Waals surface area contributed by atoms with Crippen molar-refractivity contribution in [3.63, 3.8) is 0 Å². The van der Waals surface area contributed by atoms with Crippen molar-refractivity contribution in [3.8, 4) is 0 Å². The van der Waals surface area contributed by atoms with Crippen molar-refractivity contribution >= 4 is 28.5 Å². The van der Waals surface area contributed by atoms with Gasteiger partial charge in [0.05, 0.1) is 10.8 Å². The normalized spacial score (nSPS) is 11.9.